The zero-order chi connectivity index (χ0) is 18.7. The van der Waals surface area contributed by atoms with Gasteiger partial charge >= 0.3 is 5.97 Å². The topological polar surface area (TPSA) is 71.5 Å². The lowest BCUT2D eigenvalue weighted by atomic mass is 9.95. The lowest BCUT2D eigenvalue weighted by Crippen LogP contribution is -2.34. The van der Waals surface area contributed by atoms with Crippen LogP contribution in [0.3, 0.4) is 0 Å². The molecule has 2 N–H and O–H groups in total. The van der Waals surface area contributed by atoms with Gasteiger partial charge in [0.1, 0.15) is 17.5 Å². The largest absolute Gasteiger partial charge is 0.456 e. The summed E-state index contributed by atoms with van der Waals surface area (Å²) in [5.74, 6) is -2.32. The van der Waals surface area contributed by atoms with E-state index in [0.29, 0.717) is 12.8 Å². The fourth-order valence-electron chi connectivity index (χ4n) is 3.01. The minimum atomic E-state index is -0.911. The van der Waals surface area contributed by atoms with Gasteiger partial charge in [0.15, 0.2) is 5.82 Å². The van der Waals surface area contributed by atoms with Crippen LogP contribution in [0.1, 0.15) is 41.6 Å². The van der Waals surface area contributed by atoms with Crippen LogP contribution >= 0.6 is 0 Å². The van der Waals surface area contributed by atoms with E-state index < -0.39 is 29.8 Å². The van der Waals surface area contributed by atoms with Gasteiger partial charge in [-0.3, -0.25) is 4.98 Å². The van der Waals surface area contributed by atoms with E-state index in [1.165, 1.54) is 18.3 Å². The number of aliphatic hydroxyl groups excluding tert-OH is 1. The second kappa shape index (κ2) is 7.78. The Morgan fingerprint density at radius 1 is 1.19 bits per heavy atom. The van der Waals surface area contributed by atoms with Crippen LogP contribution in [-0.4, -0.2) is 28.3 Å². The number of carbonyl (C=O) groups excluding carboxylic acids is 1. The number of ether oxygens (including phenoxy) is 1. The minimum absolute atomic E-state index is 0.00283. The zero-order valence-electron chi connectivity index (χ0n) is 14.3. The van der Waals surface area contributed by atoms with Crippen molar-refractivity contribution in [2.75, 3.05) is 5.32 Å². The van der Waals surface area contributed by atoms with Crippen molar-refractivity contribution in [3.8, 4) is 0 Å². The predicted molar refractivity (Wildman–Crippen MR) is 92.3 cm³/mol. The second-order valence-corrected chi connectivity index (χ2v) is 6.45. The number of halogens is 2. The monoisotopic (exact) mass is 362 g/mol. The van der Waals surface area contributed by atoms with E-state index in [2.05, 4.69) is 10.3 Å². The Labute approximate surface area is 150 Å². The Hall–Kier alpha value is -2.54. The number of hydrogen-bond donors (Lipinski definition) is 2. The van der Waals surface area contributed by atoms with Crippen LogP contribution in [0.25, 0.3) is 0 Å². The van der Waals surface area contributed by atoms with Gasteiger partial charge in [-0.1, -0.05) is 12.5 Å². The first-order valence-corrected chi connectivity index (χ1v) is 8.51. The molecule has 1 aliphatic carbocycles. The minimum Gasteiger partial charge on any atom is -0.456 e. The molecule has 2 unspecified atom stereocenters. The number of benzene rings is 1. The number of nitrogens with one attached hydrogen (secondary N) is 1. The molecule has 0 bridgehead atoms. The Balaban J connectivity index is 1.86. The molecule has 0 radical (unpaired) electrons. The van der Waals surface area contributed by atoms with Gasteiger partial charge in [0.25, 0.3) is 0 Å². The zero-order valence-corrected chi connectivity index (χ0v) is 14.3. The summed E-state index contributed by atoms with van der Waals surface area (Å²) in [5, 5.41) is 12.6. The highest BCUT2D eigenvalue weighted by atomic mass is 19.1. The van der Waals surface area contributed by atoms with Crippen molar-refractivity contribution < 1.29 is 23.4 Å². The van der Waals surface area contributed by atoms with Gasteiger partial charge in [-0.25, -0.2) is 13.6 Å². The van der Waals surface area contributed by atoms with Gasteiger partial charge in [-0.05, 0) is 43.9 Å². The van der Waals surface area contributed by atoms with E-state index >= 15 is 0 Å². The normalized spacial score (nSPS) is 19.8. The maximum atomic E-state index is 14.3. The van der Waals surface area contributed by atoms with E-state index in [-0.39, 0.29) is 16.9 Å². The van der Waals surface area contributed by atoms with Gasteiger partial charge in [-0.2, -0.15) is 0 Å². The summed E-state index contributed by atoms with van der Waals surface area (Å²) in [6.07, 6.45) is 3.44. The summed E-state index contributed by atoms with van der Waals surface area (Å²) in [6.45, 7) is 1.74. The van der Waals surface area contributed by atoms with Crippen LogP contribution in [0.4, 0.5) is 20.2 Å². The third-order valence-electron chi connectivity index (χ3n) is 4.42. The molecule has 1 heterocycles. The molecule has 1 fully saturated rings. The standard InChI is InChI=1S/C19H20F2N2O3/c1-11-6-7-14(12(20)8-11)23-15-10-22-9-13(21)18(15)19(25)26-17-5-3-2-4-16(17)24/h6-10,16-17,23-24H,2-5H2,1H3. The molecule has 1 aliphatic rings. The number of anilines is 2. The van der Waals surface area contributed by atoms with Crippen LogP contribution in [-0.2, 0) is 4.74 Å². The molecular formula is C19H20F2N2O3. The fourth-order valence-corrected chi connectivity index (χ4v) is 3.01. The highest BCUT2D eigenvalue weighted by Crippen LogP contribution is 2.28. The summed E-state index contributed by atoms with van der Waals surface area (Å²) >= 11 is 0. The Bertz CT molecular complexity index is 813. The average molecular weight is 362 g/mol. The van der Waals surface area contributed by atoms with Crippen molar-refractivity contribution in [2.24, 2.45) is 0 Å². The van der Waals surface area contributed by atoms with Crippen molar-refractivity contribution in [1.82, 2.24) is 4.98 Å². The number of hydrogen-bond acceptors (Lipinski definition) is 5. The van der Waals surface area contributed by atoms with Gasteiger partial charge in [-0.15, -0.1) is 0 Å². The van der Waals surface area contributed by atoms with E-state index in [1.807, 2.05) is 0 Å². The molecule has 138 valence electrons. The van der Waals surface area contributed by atoms with Crippen LogP contribution in [0.5, 0.6) is 0 Å². The number of aromatic nitrogens is 1. The molecule has 26 heavy (non-hydrogen) atoms. The van der Waals surface area contributed by atoms with Crippen LogP contribution in [0.2, 0.25) is 0 Å². The summed E-state index contributed by atoms with van der Waals surface area (Å²) < 4.78 is 33.6. The predicted octanol–water partition coefficient (Wildman–Crippen LogP) is 3.87. The van der Waals surface area contributed by atoms with E-state index in [1.54, 1.807) is 13.0 Å². The molecule has 0 saturated heterocycles. The summed E-state index contributed by atoms with van der Waals surface area (Å²) in [7, 11) is 0. The number of pyridine rings is 1. The molecular weight excluding hydrogens is 342 g/mol. The maximum absolute atomic E-state index is 14.3. The highest BCUT2D eigenvalue weighted by Gasteiger charge is 2.29. The lowest BCUT2D eigenvalue weighted by Gasteiger charge is -2.27. The number of esters is 1. The van der Waals surface area contributed by atoms with E-state index in [9.17, 15) is 18.7 Å². The molecule has 0 aliphatic heterocycles. The van der Waals surface area contributed by atoms with Crippen LogP contribution < -0.4 is 5.32 Å². The SMILES string of the molecule is Cc1ccc(Nc2cncc(F)c2C(=O)OC2CCCCC2O)c(F)c1. The first-order valence-electron chi connectivity index (χ1n) is 8.51. The number of rotatable bonds is 4. The third kappa shape index (κ3) is 3.99. The van der Waals surface area contributed by atoms with Gasteiger partial charge in [0.2, 0.25) is 0 Å². The van der Waals surface area contributed by atoms with E-state index in [0.717, 1.165) is 24.6 Å². The Kier molecular flexibility index (Phi) is 5.46. The van der Waals surface area contributed by atoms with Crippen molar-refractivity contribution in [2.45, 2.75) is 44.8 Å². The maximum Gasteiger partial charge on any atom is 0.343 e. The molecule has 7 heteroatoms. The lowest BCUT2D eigenvalue weighted by molar-refractivity contribution is -0.0362. The van der Waals surface area contributed by atoms with Crippen molar-refractivity contribution in [3.63, 3.8) is 0 Å². The molecule has 2 aromatic rings. The smallest absolute Gasteiger partial charge is 0.343 e. The number of aliphatic hydroxyl groups is 1. The Morgan fingerprint density at radius 2 is 1.96 bits per heavy atom. The fraction of sp³-hybridized carbons (Fsp3) is 0.368. The summed E-state index contributed by atoms with van der Waals surface area (Å²) in [5.41, 5.74) is 0.465. The number of nitrogens with zero attached hydrogens (tertiary/aromatic N) is 1. The van der Waals surface area contributed by atoms with Crippen molar-refractivity contribution in [3.05, 3.63) is 53.4 Å². The van der Waals surface area contributed by atoms with Gasteiger partial charge in [0.05, 0.1) is 29.9 Å². The van der Waals surface area contributed by atoms with E-state index in [4.69, 9.17) is 4.74 Å². The molecule has 1 saturated carbocycles. The molecule has 1 aromatic carbocycles. The quantitative estimate of drug-likeness (QED) is 0.808. The number of aryl methyl sites for hydroxylation is 1. The average Bonchev–Trinajstić information content (AvgIpc) is 2.59. The number of carbonyl (C=O) groups is 1. The summed E-state index contributed by atoms with van der Waals surface area (Å²) in [4.78, 5) is 16.2. The van der Waals surface area contributed by atoms with Crippen molar-refractivity contribution in [1.29, 1.82) is 0 Å². The second-order valence-electron chi connectivity index (χ2n) is 6.45. The van der Waals surface area contributed by atoms with Gasteiger partial charge < -0.3 is 15.2 Å². The molecule has 0 amide bonds. The molecule has 3 rings (SSSR count). The third-order valence-corrected chi connectivity index (χ3v) is 4.42. The molecule has 5 nitrogen and oxygen atoms in total. The van der Waals surface area contributed by atoms with Gasteiger partial charge in [0, 0.05) is 0 Å². The van der Waals surface area contributed by atoms with Crippen LogP contribution in [0, 0.1) is 18.6 Å². The highest BCUT2D eigenvalue weighted by molar-refractivity contribution is 5.96. The van der Waals surface area contributed by atoms with Crippen LogP contribution in [0.15, 0.2) is 30.6 Å². The first-order chi connectivity index (χ1) is 12.5. The molecule has 0 spiro atoms. The molecule has 1 aromatic heterocycles. The summed E-state index contributed by atoms with van der Waals surface area (Å²) in [6, 6.07) is 4.51. The first kappa shape index (κ1) is 18.3. The molecule has 2 atom stereocenters. The Morgan fingerprint density at radius 3 is 2.69 bits per heavy atom. The van der Waals surface area contributed by atoms with Crippen molar-refractivity contribution >= 4 is 17.3 Å².